The number of hydrogen-bond donors (Lipinski definition) is 3. The van der Waals surface area contributed by atoms with Gasteiger partial charge in [0, 0.05) is 0 Å². The number of carbonyl (C=O) groups is 3. The van der Waals surface area contributed by atoms with Gasteiger partial charge in [0.2, 0.25) is 5.91 Å². The zero-order valence-corrected chi connectivity index (χ0v) is 11.8. The molecule has 0 unspecified atom stereocenters. The number of carboxylic acids is 1. The Balaban J connectivity index is 1.82. The monoisotopic (exact) mass is 306 g/mol. The van der Waals surface area contributed by atoms with Crippen molar-refractivity contribution in [2.75, 3.05) is 5.32 Å². The van der Waals surface area contributed by atoms with Crippen LogP contribution in [0.25, 0.3) is 0 Å². The number of amides is 2. The SMILES string of the molecule is NC(=O)c1ccsc1NC(=O)[C@@H]1[C@H](C(=O)O)[C@H]2C=C[C@H]1C2. The van der Waals surface area contributed by atoms with Crippen LogP contribution in [0.1, 0.15) is 16.8 Å². The van der Waals surface area contributed by atoms with E-state index in [1.807, 2.05) is 12.2 Å². The number of nitrogens with one attached hydrogen (secondary N) is 1. The topological polar surface area (TPSA) is 109 Å². The highest BCUT2D eigenvalue weighted by Crippen LogP contribution is 2.48. The molecular weight excluding hydrogens is 292 g/mol. The molecule has 2 bridgehead atoms. The molecule has 0 spiro atoms. The molecule has 3 rings (SSSR count). The van der Waals surface area contributed by atoms with E-state index < -0.39 is 23.7 Å². The van der Waals surface area contributed by atoms with E-state index in [-0.39, 0.29) is 23.3 Å². The molecule has 1 fully saturated rings. The summed E-state index contributed by atoms with van der Waals surface area (Å²) in [5, 5.41) is 14.0. The van der Waals surface area contributed by atoms with Gasteiger partial charge in [-0.3, -0.25) is 14.4 Å². The fourth-order valence-electron chi connectivity index (χ4n) is 3.31. The maximum Gasteiger partial charge on any atom is 0.307 e. The lowest BCUT2D eigenvalue weighted by atomic mass is 9.82. The molecular formula is C14H14N2O4S. The molecule has 1 aromatic heterocycles. The number of primary amides is 1. The van der Waals surface area contributed by atoms with Crippen molar-refractivity contribution >= 4 is 34.1 Å². The smallest absolute Gasteiger partial charge is 0.307 e. The highest BCUT2D eigenvalue weighted by Gasteiger charge is 2.51. The summed E-state index contributed by atoms with van der Waals surface area (Å²) in [6.45, 7) is 0. The number of hydrogen-bond acceptors (Lipinski definition) is 4. The van der Waals surface area contributed by atoms with Crippen LogP contribution in [0.5, 0.6) is 0 Å². The van der Waals surface area contributed by atoms with Crippen molar-refractivity contribution in [3.63, 3.8) is 0 Å². The molecule has 0 aliphatic heterocycles. The Morgan fingerprint density at radius 1 is 1.24 bits per heavy atom. The number of carboxylic acid groups (broad SMARTS) is 1. The van der Waals surface area contributed by atoms with Gasteiger partial charge in [0.25, 0.3) is 5.91 Å². The lowest BCUT2D eigenvalue weighted by molar-refractivity contribution is -0.146. The Hall–Kier alpha value is -2.15. The van der Waals surface area contributed by atoms with Gasteiger partial charge in [-0.1, -0.05) is 12.2 Å². The third kappa shape index (κ3) is 2.23. The molecule has 0 radical (unpaired) electrons. The van der Waals surface area contributed by atoms with E-state index in [1.165, 1.54) is 17.4 Å². The number of thiophene rings is 1. The zero-order chi connectivity index (χ0) is 15.1. The molecule has 2 aliphatic carbocycles. The van der Waals surface area contributed by atoms with Crippen molar-refractivity contribution in [2.24, 2.45) is 29.4 Å². The first-order valence-electron chi connectivity index (χ1n) is 6.58. The Labute approximate surface area is 124 Å². The van der Waals surface area contributed by atoms with Gasteiger partial charge in [0.15, 0.2) is 0 Å². The van der Waals surface area contributed by atoms with E-state index in [1.54, 1.807) is 5.38 Å². The van der Waals surface area contributed by atoms with Gasteiger partial charge in [0.1, 0.15) is 5.00 Å². The van der Waals surface area contributed by atoms with E-state index in [4.69, 9.17) is 5.73 Å². The first-order chi connectivity index (χ1) is 9.99. The van der Waals surface area contributed by atoms with Crippen LogP contribution in [0.3, 0.4) is 0 Å². The quantitative estimate of drug-likeness (QED) is 0.728. The molecule has 21 heavy (non-hydrogen) atoms. The predicted octanol–water partition coefficient (Wildman–Crippen LogP) is 1.31. The highest BCUT2D eigenvalue weighted by molar-refractivity contribution is 7.14. The lowest BCUT2D eigenvalue weighted by Gasteiger charge is -2.23. The Morgan fingerprint density at radius 3 is 2.52 bits per heavy atom. The van der Waals surface area contributed by atoms with Crippen molar-refractivity contribution in [1.82, 2.24) is 0 Å². The van der Waals surface area contributed by atoms with Crippen LogP contribution in [0.4, 0.5) is 5.00 Å². The van der Waals surface area contributed by atoms with Crippen molar-refractivity contribution in [3.05, 3.63) is 29.2 Å². The molecule has 1 saturated carbocycles. The molecule has 110 valence electrons. The molecule has 6 nitrogen and oxygen atoms in total. The number of nitrogens with two attached hydrogens (primary N) is 1. The Morgan fingerprint density at radius 2 is 1.90 bits per heavy atom. The molecule has 0 saturated heterocycles. The summed E-state index contributed by atoms with van der Waals surface area (Å²) >= 11 is 1.20. The molecule has 0 aromatic carbocycles. The molecule has 7 heteroatoms. The summed E-state index contributed by atoms with van der Waals surface area (Å²) < 4.78 is 0. The minimum atomic E-state index is -0.951. The summed E-state index contributed by atoms with van der Waals surface area (Å²) in [6.07, 6.45) is 4.49. The largest absolute Gasteiger partial charge is 0.481 e. The summed E-state index contributed by atoms with van der Waals surface area (Å²) in [5.41, 5.74) is 5.48. The minimum absolute atomic E-state index is 0.0481. The second-order valence-corrected chi connectivity index (χ2v) is 6.27. The van der Waals surface area contributed by atoms with E-state index in [9.17, 15) is 19.5 Å². The highest BCUT2D eigenvalue weighted by atomic mass is 32.1. The van der Waals surface area contributed by atoms with Gasteiger partial charge in [-0.2, -0.15) is 0 Å². The Kier molecular flexibility index (Phi) is 3.29. The van der Waals surface area contributed by atoms with Gasteiger partial charge >= 0.3 is 5.97 Å². The molecule has 2 amide bonds. The maximum absolute atomic E-state index is 12.4. The second-order valence-electron chi connectivity index (χ2n) is 5.36. The van der Waals surface area contributed by atoms with Crippen LogP contribution in [-0.2, 0) is 9.59 Å². The number of aliphatic carboxylic acids is 1. The standard InChI is InChI=1S/C14H14N2O4S/c15-11(17)8-3-4-21-13(8)16-12(18)9-6-1-2-7(5-6)10(9)14(19)20/h1-4,6-7,9-10H,5H2,(H2,15,17)(H,16,18)(H,19,20)/t6-,7-,9-,10+/m0/s1. The summed E-state index contributed by atoms with van der Waals surface area (Å²) in [6, 6.07) is 1.54. The fourth-order valence-corrected chi connectivity index (χ4v) is 4.11. The van der Waals surface area contributed by atoms with Gasteiger partial charge < -0.3 is 16.2 Å². The van der Waals surface area contributed by atoms with Gasteiger partial charge in [0.05, 0.1) is 17.4 Å². The van der Waals surface area contributed by atoms with Crippen LogP contribution in [0.15, 0.2) is 23.6 Å². The molecule has 4 atom stereocenters. The molecule has 4 N–H and O–H groups in total. The van der Waals surface area contributed by atoms with E-state index in [0.29, 0.717) is 11.4 Å². The molecule has 1 heterocycles. The van der Waals surface area contributed by atoms with Crippen molar-refractivity contribution in [1.29, 1.82) is 0 Å². The summed E-state index contributed by atoms with van der Waals surface area (Å²) in [4.78, 5) is 35.1. The van der Waals surface area contributed by atoms with E-state index >= 15 is 0 Å². The van der Waals surface area contributed by atoms with Crippen molar-refractivity contribution < 1.29 is 19.5 Å². The van der Waals surface area contributed by atoms with Crippen LogP contribution in [0, 0.1) is 23.7 Å². The second kappa shape index (κ2) is 5.00. The van der Waals surface area contributed by atoms with E-state index in [2.05, 4.69) is 5.32 Å². The Bertz CT molecular complexity index is 651. The number of allylic oxidation sites excluding steroid dienone is 2. The number of rotatable bonds is 4. The zero-order valence-electron chi connectivity index (χ0n) is 11.0. The number of fused-ring (bicyclic) bond motifs is 2. The van der Waals surface area contributed by atoms with Crippen LogP contribution in [-0.4, -0.2) is 22.9 Å². The number of anilines is 1. The van der Waals surface area contributed by atoms with Crippen molar-refractivity contribution in [2.45, 2.75) is 6.42 Å². The third-order valence-corrected chi connectivity index (χ3v) is 5.04. The first kappa shape index (κ1) is 13.8. The average Bonchev–Trinajstić information content (AvgIpc) is 3.11. The minimum Gasteiger partial charge on any atom is -0.481 e. The van der Waals surface area contributed by atoms with Crippen LogP contribution in [0.2, 0.25) is 0 Å². The molecule has 2 aliphatic rings. The predicted molar refractivity (Wildman–Crippen MR) is 76.8 cm³/mol. The number of carbonyl (C=O) groups excluding carboxylic acids is 2. The summed E-state index contributed by atoms with van der Waals surface area (Å²) in [7, 11) is 0. The lowest BCUT2D eigenvalue weighted by Crippen LogP contribution is -2.36. The first-order valence-corrected chi connectivity index (χ1v) is 7.46. The summed E-state index contributed by atoms with van der Waals surface area (Å²) in [5.74, 6) is -3.35. The van der Waals surface area contributed by atoms with Crippen LogP contribution >= 0.6 is 11.3 Å². The van der Waals surface area contributed by atoms with Gasteiger partial charge in [-0.05, 0) is 29.7 Å². The third-order valence-electron chi connectivity index (χ3n) is 4.21. The average molecular weight is 306 g/mol. The van der Waals surface area contributed by atoms with Crippen LogP contribution < -0.4 is 11.1 Å². The normalized spacial score (nSPS) is 29.5. The fraction of sp³-hybridized carbons (Fsp3) is 0.357. The maximum atomic E-state index is 12.4. The van der Waals surface area contributed by atoms with Crippen molar-refractivity contribution in [3.8, 4) is 0 Å². The van der Waals surface area contributed by atoms with E-state index in [0.717, 1.165) is 0 Å². The van der Waals surface area contributed by atoms with Gasteiger partial charge in [-0.15, -0.1) is 11.3 Å². The van der Waals surface area contributed by atoms with Gasteiger partial charge in [-0.25, -0.2) is 0 Å². The molecule has 1 aromatic rings.